The molecule has 2 aromatic heterocycles. The lowest BCUT2D eigenvalue weighted by Crippen LogP contribution is -2.11. The van der Waals surface area contributed by atoms with Crippen LogP contribution in [0.15, 0.2) is 211 Å². The van der Waals surface area contributed by atoms with Gasteiger partial charge < -0.3 is 13.9 Å². The number of rotatable bonds is 6. The lowest BCUT2D eigenvalue weighted by molar-refractivity contribution is 0.669. The molecule has 9 aromatic carbocycles. The molecule has 0 atom stereocenters. The first-order valence-corrected chi connectivity index (χ1v) is 18.8. The molecule has 0 aliphatic heterocycles. The van der Waals surface area contributed by atoms with E-state index in [1.165, 1.54) is 38.2 Å². The average molecular weight is 703 g/mol. The summed E-state index contributed by atoms with van der Waals surface area (Å²) in [5.74, 6) is 0. The van der Waals surface area contributed by atoms with Gasteiger partial charge in [-0.25, -0.2) is 0 Å². The van der Waals surface area contributed by atoms with Gasteiger partial charge in [0.1, 0.15) is 11.2 Å². The van der Waals surface area contributed by atoms with Crippen LogP contribution < -0.4 is 4.90 Å². The number of furan rings is 1. The molecule has 55 heavy (non-hydrogen) atoms. The minimum atomic E-state index is 0.897. The Hall–Kier alpha value is -7.36. The van der Waals surface area contributed by atoms with Crippen LogP contribution >= 0.6 is 0 Å². The Labute approximate surface area is 318 Å². The van der Waals surface area contributed by atoms with Crippen LogP contribution in [-0.4, -0.2) is 4.57 Å². The Morgan fingerprint density at radius 1 is 0.364 bits per heavy atom. The van der Waals surface area contributed by atoms with Gasteiger partial charge in [-0.1, -0.05) is 146 Å². The van der Waals surface area contributed by atoms with Crippen molar-refractivity contribution in [1.82, 2.24) is 4.57 Å². The summed E-state index contributed by atoms with van der Waals surface area (Å²) in [4.78, 5) is 2.42. The van der Waals surface area contributed by atoms with Gasteiger partial charge in [0.15, 0.2) is 0 Å². The predicted octanol–water partition coefficient (Wildman–Crippen LogP) is 14.6. The summed E-state index contributed by atoms with van der Waals surface area (Å²) in [6.45, 7) is 0. The van der Waals surface area contributed by atoms with Gasteiger partial charge in [-0.2, -0.15) is 0 Å². The minimum Gasteiger partial charge on any atom is -0.456 e. The van der Waals surface area contributed by atoms with E-state index < -0.39 is 0 Å². The van der Waals surface area contributed by atoms with E-state index in [0.29, 0.717) is 0 Å². The lowest BCUT2D eigenvalue weighted by Gasteiger charge is -2.28. The zero-order valence-electron chi connectivity index (χ0n) is 29.9. The van der Waals surface area contributed by atoms with Crippen molar-refractivity contribution < 1.29 is 4.42 Å². The SMILES string of the molecule is c1ccc(-c2ccccc2N(c2ccc3ccccc3c2)c2ccc3c4ccccc4n(-c4ccccc4-c4ccc5oc6ccccc6c5c4)c3c2)cc1. The molecular formula is C52H34N2O. The maximum atomic E-state index is 6.22. The van der Waals surface area contributed by atoms with Crippen molar-refractivity contribution in [2.24, 2.45) is 0 Å². The highest BCUT2D eigenvalue weighted by molar-refractivity contribution is 6.12. The van der Waals surface area contributed by atoms with E-state index in [1.807, 2.05) is 12.1 Å². The highest BCUT2D eigenvalue weighted by Gasteiger charge is 2.21. The Bertz CT molecular complexity index is 3220. The molecule has 0 unspecified atom stereocenters. The van der Waals surface area contributed by atoms with E-state index >= 15 is 0 Å². The number of nitrogens with zero attached hydrogens (tertiary/aromatic N) is 2. The van der Waals surface area contributed by atoms with Crippen molar-refractivity contribution in [1.29, 1.82) is 0 Å². The molecule has 0 saturated carbocycles. The summed E-state index contributed by atoms with van der Waals surface area (Å²) in [6.07, 6.45) is 0. The fourth-order valence-corrected chi connectivity index (χ4v) is 8.44. The highest BCUT2D eigenvalue weighted by atomic mass is 16.3. The second kappa shape index (κ2) is 12.6. The topological polar surface area (TPSA) is 21.3 Å². The molecule has 0 aliphatic carbocycles. The van der Waals surface area contributed by atoms with Crippen LogP contribution in [0.25, 0.3) is 82.5 Å². The number of para-hydroxylation sites is 4. The fourth-order valence-electron chi connectivity index (χ4n) is 8.44. The van der Waals surface area contributed by atoms with Crippen molar-refractivity contribution in [2.45, 2.75) is 0 Å². The average Bonchev–Trinajstić information content (AvgIpc) is 3.79. The zero-order chi connectivity index (χ0) is 36.3. The van der Waals surface area contributed by atoms with Crippen molar-refractivity contribution in [3.8, 4) is 27.9 Å². The number of hydrogen-bond donors (Lipinski definition) is 0. The second-order valence-corrected chi connectivity index (χ2v) is 14.1. The molecule has 0 spiro atoms. The van der Waals surface area contributed by atoms with E-state index in [-0.39, 0.29) is 0 Å². The summed E-state index contributed by atoms with van der Waals surface area (Å²) in [5, 5.41) is 7.10. The zero-order valence-corrected chi connectivity index (χ0v) is 29.9. The largest absolute Gasteiger partial charge is 0.456 e. The third-order valence-electron chi connectivity index (χ3n) is 11.0. The molecule has 0 saturated heterocycles. The number of hydrogen-bond acceptors (Lipinski definition) is 2. The van der Waals surface area contributed by atoms with E-state index in [2.05, 4.69) is 204 Å². The Kier molecular flexibility index (Phi) is 7.17. The van der Waals surface area contributed by atoms with E-state index in [9.17, 15) is 0 Å². The number of fused-ring (bicyclic) bond motifs is 7. The molecule has 0 radical (unpaired) electrons. The van der Waals surface area contributed by atoms with Gasteiger partial charge in [0.2, 0.25) is 0 Å². The van der Waals surface area contributed by atoms with Gasteiger partial charge in [-0.05, 0) is 82.6 Å². The van der Waals surface area contributed by atoms with E-state index in [1.54, 1.807) is 0 Å². The predicted molar refractivity (Wildman–Crippen MR) is 231 cm³/mol. The van der Waals surface area contributed by atoms with Crippen LogP contribution in [0.3, 0.4) is 0 Å². The standard InChI is InChI=1S/C52H34N2O/c1-2-15-36(16-3-1)41-18-6-10-22-47(41)53(39-28-26-35-14-4-5-17-37(35)32-39)40-29-30-44-43-20-8-12-24-49(43)54(50(44)34-40)48-23-11-7-19-42(48)38-27-31-52-46(33-38)45-21-9-13-25-51(45)55-52/h1-34H. The lowest BCUT2D eigenvalue weighted by atomic mass is 10.0. The van der Waals surface area contributed by atoms with Crippen LogP contribution in [0.2, 0.25) is 0 Å². The van der Waals surface area contributed by atoms with Crippen LogP contribution in [0.4, 0.5) is 17.1 Å². The molecule has 0 fully saturated rings. The third-order valence-corrected chi connectivity index (χ3v) is 11.0. The van der Waals surface area contributed by atoms with Crippen molar-refractivity contribution in [3.63, 3.8) is 0 Å². The van der Waals surface area contributed by atoms with Gasteiger partial charge >= 0.3 is 0 Å². The summed E-state index contributed by atoms with van der Waals surface area (Å²) >= 11 is 0. The molecule has 0 aliphatic rings. The molecule has 11 rings (SSSR count). The van der Waals surface area contributed by atoms with Gasteiger partial charge in [0.25, 0.3) is 0 Å². The van der Waals surface area contributed by atoms with Crippen LogP contribution in [0, 0.1) is 0 Å². The first-order chi connectivity index (χ1) is 27.3. The molecule has 0 amide bonds. The first kappa shape index (κ1) is 31.2. The Morgan fingerprint density at radius 3 is 1.93 bits per heavy atom. The van der Waals surface area contributed by atoms with Crippen molar-refractivity contribution in [2.75, 3.05) is 4.90 Å². The number of aromatic nitrogens is 1. The summed E-state index contributed by atoms with van der Waals surface area (Å²) in [6, 6.07) is 74.1. The number of benzene rings is 9. The van der Waals surface area contributed by atoms with Crippen molar-refractivity contribution in [3.05, 3.63) is 206 Å². The fraction of sp³-hybridized carbons (Fsp3) is 0. The van der Waals surface area contributed by atoms with Gasteiger partial charge in [-0.3, -0.25) is 0 Å². The maximum absolute atomic E-state index is 6.22. The molecule has 11 aromatic rings. The minimum absolute atomic E-state index is 0.897. The van der Waals surface area contributed by atoms with Crippen LogP contribution in [-0.2, 0) is 0 Å². The van der Waals surface area contributed by atoms with Gasteiger partial charge in [0, 0.05) is 44.0 Å². The Balaban J connectivity index is 1.16. The summed E-state index contributed by atoms with van der Waals surface area (Å²) in [5.41, 5.74) is 13.2. The first-order valence-electron chi connectivity index (χ1n) is 18.8. The normalized spacial score (nSPS) is 11.6. The molecule has 258 valence electrons. The summed E-state index contributed by atoms with van der Waals surface area (Å²) < 4.78 is 8.67. The summed E-state index contributed by atoms with van der Waals surface area (Å²) in [7, 11) is 0. The molecule has 3 nitrogen and oxygen atoms in total. The molecule has 0 N–H and O–H groups in total. The van der Waals surface area contributed by atoms with Crippen LogP contribution in [0.1, 0.15) is 0 Å². The van der Waals surface area contributed by atoms with Gasteiger partial charge in [-0.15, -0.1) is 0 Å². The van der Waals surface area contributed by atoms with E-state index in [0.717, 1.165) is 61.3 Å². The highest BCUT2D eigenvalue weighted by Crippen LogP contribution is 2.45. The molecule has 0 bridgehead atoms. The maximum Gasteiger partial charge on any atom is 0.135 e. The third kappa shape index (κ3) is 5.13. The van der Waals surface area contributed by atoms with Crippen molar-refractivity contribution >= 4 is 71.6 Å². The smallest absolute Gasteiger partial charge is 0.135 e. The quantitative estimate of drug-likeness (QED) is 0.172. The number of anilines is 3. The molecule has 3 heteroatoms. The van der Waals surface area contributed by atoms with Gasteiger partial charge in [0.05, 0.1) is 22.4 Å². The molecule has 2 heterocycles. The Morgan fingerprint density at radius 2 is 1.02 bits per heavy atom. The molecular weight excluding hydrogens is 669 g/mol. The second-order valence-electron chi connectivity index (χ2n) is 14.1. The monoisotopic (exact) mass is 702 g/mol. The van der Waals surface area contributed by atoms with Crippen LogP contribution in [0.5, 0.6) is 0 Å². The van der Waals surface area contributed by atoms with E-state index in [4.69, 9.17) is 4.42 Å².